The number of aromatic nitrogens is 1. The van der Waals surface area contributed by atoms with Gasteiger partial charge in [-0.15, -0.1) is 0 Å². The summed E-state index contributed by atoms with van der Waals surface area (Å²) in [4.78, 5) is 20.1. The summed E-state index contributed by atoms with van der Waals surface area (Å²) in [6.07, 6.45) is 5.19. The molecule has 0 unspecified atom stereocenters. The Labute approximate surface area is 190 Å². The second-order valence-electron chi connectivity index (χ2n) is 7.03. The van der Waals surface area contributed by atoms with E-state index in [1.165, 1.54) is 6.42 Å². The normalized spacial score (nSPS) is 14.4. The van der Waals surface area contributed by atoms with Gasteiger partial charge in [0, 0.05) is 35.4 Å². The highest BCUT2D eigenvalue weighted by atomic mass is 35.5. The van der Waals surface area contributed by atoms with Gasteiger partial charge in [-0.2, -0.15) is 0 Å². The lowest BCUT2D eigenvalue weighted by Gasteiger charge is -2.27. The van der Waals surface area contributed by atoms with E-state index in [9.17, 15) is 4.79 Å². The van der Waals surface area contributed by atoms with Gasteiger partial charge in [-0.3, -0.25) is 10.2 Å². The summed E-state index contributed by atoms with van der Waals surface area (Å²) >= 11 is 8.25. The molecular weight excluding hydrogens is 430 g/mol. The first-order chi connectivity index (χ1) is 15.2. The van der Waals surface area contributed by atoms with Gasteiger partial charge in [-0.1, -0.05) is 23.7 Å². The van der Waals surface area contributed by atoms with Crippen LogP contribution in [0.5, 0.6) is 0 Å². The molecule has 0 saturated carbocycles. The van der Waals surface area contributed by atoms with Gasteiger partial charge in [-0.05, 0) is 67.3 Å². The summed E-state index contributed by atoms with van der Waals surface area (Å²) in [5.74, 6) is 0.826. The molecule has 8 heteroatoms. The van der Waals surface area contributed by atoms with Crippen LogP contribution in [0.25, 0.3) is 0 Å². The summed E-state index contributed by atoms with van der Waals surface area (Å²) in [5.41, 5.74) is 4.27. The van der Waals surface area contributed by atoms with E-state index >= 15 is 0 Å². The molecule has 158 valence electrons. The van der Waals surface area contributed by atoms with Crippen molar-refractivity contribution in [3.8, 4) is 0 Å². The quantitative estimate of drug-likeness (QED) is 0.258. The van der Waals surface area contributed by atoms with Crippen molar-refractivity contribution in [1.82, 2.24) is 4.98 Å². The third-order valence-corrected chi connectivity index (χ3v) is 6.42. The number of halogens is 1. The fourth-order valence-corrected chi connectivity index (χ4v) is 4.76. The van der Waals surface area contributed by atoms with Crippen LogP contribution in [0, 0.1) is 5.41 Å². The zero-order valence-corrected chi connectivity index (χ0v) is 18.3. The molecular formula is C23H22ClN5OS. The number of aliphatic imine (C=N–C) groups is 1. The van der Waals surface area contributed by atoms with E-state index in [1.54, 1.807) is 24.2 Å². The maximum atomic E-state index is 12.9. The number of nitrogens with zero attached hydrogens (tertiary/aromatic N) is 2. The van der Waals surface area contributed by atoms with Crippen molar-refractivity contribution in [2.45, 2.75) is 12.8 Å². The minimum Gasteiger partial charge on any atom is -0.360 e. The maximum absolute atomic E-state index is 12.9. The van der Waals surface area contributed by atoms with E-state index in [4.69, 9.17) is 17.0 Å². The number of carbonyl (C=O) groups excluding carboxylic acids is 1. The van der Waals surface area contributed by atoms with Crippen molar-refractivity contribution in [2.24, 2.45) is 4.99 Å². The first kappa shape index (κ1) is 21.2. The van der Waals surface area contributed by atoms with Crippen LogP contribution in [0.3, 0.4) is 0 Å². The van der Waals surface area contributed by atoms with E-state index in [0.717, 1.165) is 42.0 Å². The van der Waals surface area contributed by atoms with E-state index in [2.05, 4.69) is 19.6 Å². The number of rotatable bonds is 6. The number of anilines is 2. The Morgan fingerprint density at radius 2 is 2.10 bits per heavy atom. The number of benzene rings is 2. The number of aromatic amines is 1. The first-order valence-electron chi connectivity index (χ1n) is 9.98. The zero-order chi connectivity index (χ0) is 21.6. The van der Waals surface area contributed by atoms with E-state index in [-0.39, 0.29) is 5.91 Å². The van der Waals surface area contributed by atoms with Crippen LogP contribution in [0.2, 0.25) is 5.02 Å². The molecule has 1 aliphatic rings. The largest absolute Gasteiger partial charge is 0.360 e. The predicted octanol–water partition coefficient (Wildman–Crippen LogP) is 5.61. The molecule has 1 amide bonds. The van der Waals surface area contributed by atoms with Crippen LogP contribution >= 0.6 is 23.5 Å². The molecule has 0 radical (unpaired) electrons. The lowest BCUT2D eigenvalue weighted by Crippen LogP contribution is -2.21. The topological polar surface area (TPSA) is 84.3 Å². The smallest absolute Gasteiger partial charge is 0.257 e. The summed E-state index contributed by atoms with van der Waals surface area (Å²) in [6, 6.07) is 16.7. The molecule has 1 aliphatic heterocycles. The molecule has 0 spiro atoms. The van der Waals surface area contributed by atoms with Gasteiger partial charge in [-0.25, -0.2) is 4.99 Å². The number of H-pyrrole nitrogens is 1. The highest BCUT2D eigenvalue weighted by Crippen LogP contribution is 2.31. The van der Waals surface area contributed by atoms with E-state index < -0.39 is 0 Å². The fourth-order valence-electron chi connectivity index (χ4n) is 3.43. The van der Waals surface area contributed by atoms with Gasteiger partial charge in [0.1, 0.15) is 6.34 Å². The predicted molar refractivity (Wildman–Crippen MR) is 130 cm³/mol. The van der Waals surface area contributed by atoms with Crippen molar-refractivity contribution in [2.75, 3.05) is 21.9 Å². The summed E-state index contributed by atoms with van der Waals surface area (Å²) in [7, 11) is 0. The Kier molecular flexibility index (Phi) is 6.74. The lowest BCUT2D eigenvalue weighted by molar-refractivity contribution is 0.102. The molecule has 1 aromatic heterocycles. The Bertz CT molecular complexity index is 1110. The lowest BCUT2D eigenvalue weighted by atomic mass is 10.1. The monoisotopic (exact) mass is 451 g/mol. The van der Waals surface area contributed by atoms with Gasteiger partial charge < -0.3 is 14.6 Å². The van der Waals surface area contributed by atoms with E-state index in [1.807, 2.05) is 48.5 Å². The van der Waals surface area contributed by atoms with Crippen LogP contribution in [0.1, 0.15) is 34.5 Å². The molecule has 6 nitrogen and oxygen atoms in total. The molecule has 3 aromatic rings. The van der Waals surface area contributed by atoms with Gasteiger partial charge >= 0.3 is 0 Å². The highest BCUT2D eigenvalue weighted by Gasteiger charge is 2.17. The molecule has 0 aliphatic carbocycles. The molecule has 1 fully saturated rings. The Balaban J connectivity index is 1.53. The average molecular weight is 452 g/mol. The van der Waals surface area contributed by atoms with Gasteiger partial charge in [0.2, 0.25) is 0 Å². The summed E-state index contributed by atoms with van der Waals surface area (Å²) in [6.45, 7) is 0.986. The average Bonchev–Trinajstić information content (AvgIpc) is 3.32. The van der Waals surface area contributed by atoms with Crippen molar-refractivity contribution in [3.05, 3.63) is 82.6 Å². The molecule has 0 bridgehead atoms. The molecule has 31 heavy (non-hydrogen) atoms. The van der Waals surface area contributed by atoms with Crippen molar-refractivity contribution < 1.29 is 4.79 Å². The maximum Gasteiger partial charge on any atom is 0.257 e. The Morgan fingerprint density at radius 1 is 1.19 bits per heavy atom. The third-order valence-electron chi connectivity index (χ3n) is 4.93. The molecule has 1 saturated heterocycles. The van der Waals surface area contributed by atoms with Gasteiger partial charge in [0.25, 0.3) is 5.91 Å². The zero-order valence-electron chi connectivity index (χ0n) is 16.8. The van der Waals surface area contributed by atoms with Crippen molar-refractivity contribution >= 4 is 52.9 Å². The van der Waals surface area contributed by atoms with E-state index in [0.29, 0.717) is 22.0 Å². The van der Waals surface area contributed by atoms with Crippen LogP contribution in [-0.4, -0.2) is 35.2 Å². The minimum absolute atomic E-state index is 0.273. The van der Waals surface area contributed by atoms with Crippen LogP contribution < -0.4 is 9.62 Å². The van der Waals surface area contributed by atoms with Crippen molar-refractivity contribution in [3.63, 3.8) is 0 Å². The Morgan fingerprint density at radius 3 is 2.81 bits per heavy atom. The SMILES string of the molecule is N=CN=C(c1cccc(NC(=O)c2ccc(N3CCCCS3)cc2Cl)c1)c1ccc[nH]1. The molecule has 2 heterocycles. The highest BCUT2D eigenvalue weighted by molar-refractivity contribution is 8.00. The number of nitrogens with one attached hydrogen (secondary N) is 3. The van der Waals surface area contributed by atoms with Gasteiger partial charge in [0.05, 0.1) is 22.0 Å². The minimum atomic E-state index is -0.273. The molecule has 3 N–H and O–H groups in total. The second kappa shape index (κ2) is 9.85. The number of hydrogen-bond acceptors (Lipinski definition) is 4. The van der Waals surface area contributed by atoms with Crippen LogP contribution in [-0.2, 0) is 0 Å². The first-order valence-corrected chi connectivity index (χ1v) is 11.3. The van der Waals surface area contributed by atoms with Crippen LogP contribution in [0.15, 0.2) is 65.8 Å². The molecule has 0 atom stereocenters. The number of amides is 1. The summed E-state index contributed by atoms with van der Waals surface area (Å²) in [5, 5.41) is 10.7. The van der Waals surface area contributed by atoms with Crippen molar-refractivity contribution in [1.29, 1.82) is 5.41 Å². The summed E-state index contributed by atoms with van der Waals surface area (Å²) < 4.78 is 2.23. The fraction of sp³-hybridized carbons (Fsp3) is 0.174. The standard InChI is InChI=1S/C23H22ClN5OS/c24-20-14-18(29-11-1-2-12-31-29)8-9-19(20)23(30)28-17-6-3-5-16(13-17)22(27-15-25)21-7-4-10-26-21/h3-10,13-15,25-26H,1-2,11-12H2,(H,28,30). The molecule has 2 aromatic carbocycles. The second-order valence-corrected chi connectivity index (χ2v) is 8.55. The third kappa shape index (κ3) is 5.00. The number of hydrogen-bond donors (Lipinski definition) is 3. The van der Waals surface area contributed by atoms with Gasteiger partial charge in [0.15, 0.2) is 0 Å². The molecule has 4 rings (SSSR count). The Hall–Kier alpha value is -3.03. The van der Waals surface area contributed by atoms with Crippen LogP contribution in [0.4, 0.5) is 11.4 Å². The number of carbonyl (C=O) groups is 1.